The minimum absolute atomic E-state index is 0.143. The number of rotatable bonds is 8. The molecule has 2 amide bonds. The summed E-state index contributed by atoms with van der Waals surface area (Å²) in [6.45, 7) is 0. The molecule has 1 aromatic heterocycles. The fourth-order valence-electron chi connectivity index (χ4n) is 3.56. The van der Waals surface area contributed by atoms with Crippen LogP contribution in [0.1, 0.15) is 32.0 Å². The lowest BCUT2D eigenvalue weighted by atomic mass is 9.96. The molecular formula is C27H22N4O4S. The van der Waals surface area contributed by atoms with Crippen LogP contribution in [0.3, 0.4) is 0 Å². The van der Waals surface area contributed by atoms with Crippen molar-refractivity contribution in [3.63, 3.8) is 0 Å². The van der Waals surface area contributed by atoms with Gasteiger partial charge in [-0.1, -0.05) is 60.7 Å². The van der Waals surface area contributed by atoms with Gasteiger partial charge in [0.25, 0.3) is 5.91 Å². The van der Waals surface area contributed by atoms with Crippen molar-refractivity contribution in [2.24, 2.45) is 11.5 Å². The number of thiazole rings is 1. The normalized spacial score (nSPS) is 11.4. The largest absolute Gasteiger partial charge is 0.476 e. The average molecular weight is 499 g/mol. The van der Waals surface area contributed by atoms with Crippen molar-refractivity contribution in [1.29, 1.82) is 0 Å². The first-order valence-electron chi connectivity index (χ1n) is 10.8. The molecule has 4 rings (SSSR count). The molecule has 0 radical (unpaired) electrons. The van der Waals surface area contributed by atoms with Gasteiger partial charge in [0, 0.05) is 28.6 Å². The fourth-order valence-corrected chi connectivity index (χ4v) is 4.24. The molecule has 0 spiro atoms. The number of carboxylic acids is 1. The summed E-state index contributed by atoms with van der Waals surface area (Å²) in [6, 6.07) is 23.9. The van der Waals surface area contributed by atoms with Crippen LogP contribution in [0.4, 0.5) is 5.13 Å². The molecule has 36 heavy (non-hydrogen) atoms. The summed E-state index contributed by atoms with van der Waals surface area (Å²) in [7, 11) is 0. The van der Waals surface area contributed by atoms with Gasteiger partial charge in [0.05, 0.1) is 0 Å². The maximum absolute atomic E-state index is 13.3. The number of aromatic carboxylic acids is 1. The van der Waals surface area contributed by atoms with Gasteiger partial charge in [-0.2, -0.15) is 0 Å². The summed E-state index contributed by atoms with van der Waals surface area (Å²) in [5, 5.41) is 13.3. The topological polar surface area (TPSA) is 148 Å². The Morgan fingerprint density at radius 3 is 2.19 bits per heavy atom. The third-order valence-electron chi connectivity index (χ3n) is 5.44. The fraction of sp³-hybridized carbons (Fsp3) is 0.0370. The Morgan fingerprint density at radius 1 is 0.861 bits per heavy atom. The molecular weight excluding hydrogens is 476 g/mol. The zero-order chi connectivity index (χ0) is 25.7. The minimum Gasteiger partial charge on any atom is -0.476 e. The number of hydrogen-bond acceptors (Lipinski definition) is 6. The Balaban J connectivity index is 1.72. The SMILES string of the molecule is NC(=O)c1ccc(CC(C(=O)Nc2nc(C(=O)O)cs2)=C(N)c2cccc(-c3ccccc3)c2)cc1. The van der Waals surface area contributed by atoms with Crippen LogP contribution in [0.2, 0.25) is 0 Å². The lowest BCUT2D eigenvalue weighted by molar-refractivity contribution is -0.112. The van der Waals surface area contributed by atoms with Gasteiger partial charge in [-0.25, -0.2) is 9.78 Å². The van der Waals surface area contributed by atoms with Crippen molar-refractivity contribution in [2.75, 3.05) is 5.32 Å². The predicted octanol–water partition coefficient (Wildman–Crippen LogP) is 4.16. The van der Waals surface area contributed by atoms with E-state index in [0.717, 1.165) is 28.0 Å². The monoisotopic (exact) mass is 498 g/mol. The molecule has 4 aromatic rings. The Bertz CT molecular complexity index is 1460. The van der Waals surface area contributed by atoms with Gasteiger partial charge >= 0.3 is 5.97 Å². The van der Waals surface area contributed by atoms with E-state index in [-0.39, 0.29) is 28.5 Å². The van der Waals surface area contributed by atoms with E-state index in [2.05, 4.69) is 10.3 Å². The van der Waals surface area contributed by atoms with E-state index in [1.807, 2.05) is 54.6 Å². The molecule has 0 fully saturated rings. The zero-order valence-electron chi connectivity index (χ0n) is 19.0. The number of anilines is 1. The van der Waals surface area contributed by atoms with Crippen LogP contribution in [0.5, 0.6) is 0 Å². The van der Waals surface area contributed by atoms with E-state index in [4.69, 9.17) is 16.6 Å². The number of primary amides is 1. The van der Waals surface area contributed by atoms with E-state index in [1.165, 1.54) is 5.38 Å². The highest BCUT2D eigenvalue weighted by atomic mass is 32.1. The molecule has 0 aliphatic rings. The first-order valence-corrected chi connectivity index (χ1v) is 11.7. The number of aromatic nitrogens is 1. The molecule has 9 heteroatoms. The highest BCUT2D eigenvalue weighted by Gasteiger charge is 2.19. The molecule has 0 atom stereocenters. The molecule has 0 saturated heterocycles. The summed E-state index contributed by atoms with van der Waals surface area (Å²) in [5.41, 5.74) is 15.9. The van der Waals surface area contributed by atoms with Crippen molar-refractivity contribution in [1.82, 2.24) is 4.98 Å². The molecule has 0 aliphatic carbocycles. The smallest absolute Gasteiger partial charge is 0.355 e. The third-order valence-corrected chi connectivity index (χ3v) is 6.20. The molecule has 0 bridgehead atoms. The number of carbonyl (C=O) groups excluding carboxylic acids is 2. The summed E-state index contributed by atoms with van der Waals surface area (Å²) < 4.78 is 0. The highest BCUT2D eigenvalue weighted by molar-refractivity contribution is 7.14. The van der Waals surface area contributed by atoms with Crippen LogP contribution in [-0.2, 0) is 11.2 Å². The van der Waals surface area contributed by atoms with Crippen LogP contribution < -0.4 is 16.8 Å². The summed E-state index contributed by atoms with van der Waals surface area (Å²) in [5.74, 6) is -2.25. The van der Waals surface area contributed by atoms with Gasteiger partial charge in [-0.15, -0.1) is 11.3 Å². The molecule has 180 valence electrons. The molecule has 0 unspecified atom stereocenters. The maximum Gasteiger partial charge on any atom is 0.355 e. The quantitative estimate of drug-likeness (QED) is 0.268. The zero-order valence-corrected chi connectivity index (χ0v) is 19.8. The molecule has 3 aromatic carbocycles. The minimum atomic E-state index is -1.19. The Hall–Kier alpha value is -4.76. The molecule has 0 saturated carbocycles. The molecule has 6 N–H and O–H groups in total. The van der Waals surface area contributed by atoms with Crippen molar-refractivity contribution in [3.8, 4) is 11.1 Å². The molecule has 1 heterocycles. The second kappa shape index (κ2) is 10.7. The summed E-state index contributed by atoms with van der Waals surface area (Å²) in [6.07, 6.45) is 0.156. The third kappa shape index (κ3) is 5.65. The molecule has 8 nitrogen and oxygen atoms in total. The van der Waals surface area contributed by atoms with Crippen LogP contribution in [0, 0.1) is 0 Å². The Morgan fingerprint density at radius 2 is 1.56 bits per heavy atom. The van der Waals surface area contributed by atoms with Crippen molar-refractivity contribution >= 4 is 39.9 Å². The second-order valence-electron chi connectivity index (χ2n) is 7.87. The van der Waals surface area contributed by atoms with E-state index in [0.29, 0.717) is 11.1 Å². The number of hydrogen-bond donors (Lipinski definition) is 4. The number of carboxylic acid groups (broad SMARTS) is 1. The van der Waals surface area contributed by atoms with E-state index in [9.17, 15) is 14.4 Å². The average Bonchev–Trinajstić information content (AvgIpc) is 3.36. The van der Waals surface area contributed by atoms with E-state index >= 15 is 0 Å². The van der Waals surface area contributed by atoms with Crippen LogP contribution in [-0.4, -0.2) is 27.9 Å². The van der Waals surface area contributed by atoms with Crippen LogP contribution in [0.25, 0.3) is 16.8 Å². The Labute approximate surface area is 210 Å². The number of benzene rings is 3. The number of carbonyl (C=O) groups is 3. The summed E-state index contributed by atoms with van der Waals surface area (Å²) >= 11 is 1.00. The highest BCUT2D eigenvalue weighted by Crippen LogP contribution is 2.26. The van der Waals surface area contributed by atoms with Crippen LogP contribution >= 0.6 is 11.3 Å². The van der Waals surface area contributed by atoms with Crippen LogP contribution in [0.15, 0.2) is 89.8 Å². The maximum atomic E-state index is 13.3. The lowest BCUT2D eigenvalue weighted by Crippen LogP contribution is -2.20. The molecule has 0 aliphatic heterocycles. The lowest BCUT2D eigenvalue weighted by Gasteiger charge is -2.14. The first-order chi connectivity index (χ1) is 17.3. The van der Waals surface area contributed by atoms with Gasteiger partial charge < -0.3 is 16.6 Å². The Kier molecular flexibility index (Phi) is 7.22. The van der Waals surface area contributed by atoms with E-state index < -0.39 is 17.8 Å². The second-order valence-corrected chi connectivity index (χ2v) is 8.73. The van der Waals surface area contributed by atoms with Gasteiger partial charge in [-0.3, -0.25) is 14.9 Å². The summed E-state index contributed by atoms with van der Waals surface area (Å²) in [4.78, 5) is 39.8. The van der Waals surface area contributed by atoms with Gasteiger partial charge in [0.1, 0.15) is 0 Å². The number of nitrogens with one attached hydrogen (secondary N) is 1. The standard InChI is InChI=1S/C27H22N4O4S/c28-23(20-8-4-7-19(14-20)17-5-2-1-3-6-17)21(13-16-9-11-18(12-10-16)24(29)32)25(33)31-27-30-22(15-36-27)26(34)35/h1-12,14-15H,13,28H2,(H2,29,32)(H,34,35)(H,30,31,33). The van der Waals surface area contributed by atoms with Crippen molar-refractivity contribution in [2.45, 2.75) is 6.42 Å². The number of nitrogens with zero attached hydrogens (tertiary/aromatic N) is 1. The number of amides is 2. The first kappa shape index (κ1) is 24.4. The van der Waals surface area contributed by atoms with Gasteiger partial charge in [0.2, 0.25) is 5.91 Å². The van der Waals surface area contributed by atoms with Gasteiger partial charge in [-0.05, 0) is 40.5 Å². The van der Waals surface area contributed by atoms with E-state index in [1.54, 1.807) is 24.3 Å². The predicted molar refractivity (Wildman–Crippen MR) is 139 cm³/mol. The number of nitrogens with two attached hydrogens (primary N) is 2. The van der Waals surface area contributed by atoms with Gasteiger partial charge in [0.15, 0.2) is 10.8 Å². The van der Waals surface area contributed by atoms with Crippen molar-refractivity contribution in [3.05, 3.63) is 112 Å². The van der Waals surface area contributed by atoms with Crippen molar-refractivity contribution < 1.29 is 19.5 Å².